The van der Waals surface area contributed by atoms with Crippen LogP contribution in [0.15, 0.2) is 42.7 Å². The summed E-state index contributed by atoms with van der Waals surface area (Å²) in [5.74, 6) is 1.09. The molecule has 6 rings (SSSR count). The van der Waals surface area contributed by atoms with Gasteiger partial charge in [-0.25, -0.2) is 25.8 Å². The molecule has 3 aliphatic rings. The number of piperazine rings is 1. The summed E-state index contributed by atoms with van der Waals surface area (Å²) in [5.41, 5.74) is 11.8. The van der Waals surface area contributed by atoms with Crippen LogP contribution in [0, 0.1) is 5.92 Å². The summed E-state index contributed by atoms with van der Waals surface area (Å²) in [7, 11) is 0. The molecule has 234 valence electrons. The molecule has 44 heavy (non-hydrogen) atoms. The largest absolute Gasteiger partial charge is 0.481 e. The third-order valence-electron chi connectivity index (χ3n) is 8.28. The number of hydrazine groups is 2. The van der Waals surface area contributed by atoms with Crippen LogP contribution >= 0.6 is 23.2 Å². The van der Waals surface area contributed by atoms with Gasteiger partial charge in [-0.15, -0.1) is 0 Å². The van der Waals surface area contributed by atoms with Gasteiger partial charge in [0.15, 0.2) is 5.75 Å². The molecule has 1 atom stereocenters. The third kappa shape index (κ3) is 8.33. The van der Waals surface area contributed by atoms with Gasteiger partial charge in [-0.3, -0.25) is 14.6 Å². The van der Waals surface area contributed by atoms with Gasteiger partial charge in [0.2, 0.25) is 11.8 Å². The monoisotopic (exact) mass is 641 g/mol. The molecule has 0 bridgehead atoms. The van der Waals surface area contributed by atoms with Gasteiger partial charge >= 0.3 is 5.97 Å². The van der Waals surface area contributed by atoms with Crippen LogP contribution in [-0.2, 0) is 11.3 Å². The summed E-state index contributed by atoms with van der Waals surface area (Å²) in [4.78, 5) is 32.1. The van der Waals surface area contributed by atoms with Crippen LogP contribution in [0.1, 0.15) is 24.8 Å². The Morgan fingerprint density at radius 1 is 0.955 bits per heavy atom. The van der Waals surface area contributed by atoms with Crippen molar-refractivity contribution >= 4 is 35.1 Å². The molecule has 0 radical (unpaired) electrons. The van der Waals surface area contributed by atoms with Gasteiger partial charge in [0.25, 0.3) is 0 Å². The Morgan fingerprint density at radius 2 is 1.68 bits per heavy atom. The number of nitrogens with one attached hydrogen (secondary N) is 3. The number of carbonyl (C=O) groups is 1. The molecule has 5 heterocycles. The van der Waals surface area contributed by atoms with Crippen molar-refractivity contribution in [3.8, 4) is 22.9 Å². The van der Waals surface area contributed by atoms with E-state index in [-0.39, 0.29) is 12.3 Å². The first-order valence-corrected chi connectivity index (χ1v) is 15.7. The lowest BCUT2D eigenvalue weighted by Crippen LogP contribution is -2.51. The number of likely N-dealkylation sites (tertiary alicyclic amines) is 1. The highest BCUT2D eigenvalue weighted by Gasteiger charge is 2.24. The maximum absolute atomic E-state index is 11.1. The van der Waals surface area contributed by atoms with E-state index < -0.39 is 5.97 Å². The van der Waals surface area contributed by atoms with Gasteiger partial charge in [0.1, 0.15) is 0 Å². The molecule has 1 unspecified atom stereocenters. The number of anilines is 1. The predicted octanol–water partition coefficient (Wildman–Crippen LogP) is 3.43. The fourth-order valence-corrected chi connectivity index (χ4v) is 6.51. The highest BCUT2D eigenvalue weighted by atomic mass is 35.5. The number of halogens is 2. The van der Waals surface area contributed by atoms with Gasteiger partial charge in [-0.05, 0) is 61.7 Å². The first-order valence-electron chi connectivity index (χ1n) is 15.0. The standard InChI is InChI=1S/C30H37Cl2N9O3/c31-23-12-22(13-24(32)14-23)27-9-21(18-39-3-1-20(2-4-39)11-29(42)43)10-28(36-27)44-26-16-33-30(34-17-26)41-7-5-40(6-8-41)19-25-15-35-38-37-25/h9-10,12-14,16-17,20,25,35,37-38H,1-8,11,15,18-19H2,(H,42,43). The van der Waals surface area contributed by atoms with Crippen molar-refractivity contribution in [2.75, 3.05) is 57.3 Å². The van der Waals surface area contributed by atoms with E-state index >= 15 is 0 Å². The zero-order chi connectivity index (χ0) is 30.5. The molecule has 3 aromatic rings. The van der Waals surface area contributed by atoms with Crippen LogP contribution in [0.5, 0.6) is 11.6 Å². The van der Waals surface area contributed by atoms with Crippen molar-refractivity contribution in [1.29, 1.82) is 0 Å². The van der Waals surface area contributed by atoms with E-state index in [9.17, 15) is 4.79 Å². The summed E-state index contributed by atoms with van der Waals surface area (Å²) < 4.78 is 6.19. The van der Waals surface area contributed by atoms with Crippen molar-refractivity contribution < 1.29 is 14.6 Å². The fourth-order valence-electron chi connectivity index (χ4n) is 5.98. The summed E-state index contributed by atoms with van der Waals surface area (Å²) in [6.07, 6.45) is 5.33. The number of benzene rings is 1. The molecule has 14 heteroatoms. The molecule has 0 aliphatic carbocycles. The lowest BCUT2D eigenvalue weighted by molar-refractivity contribution is -0.138. The Bertz CT molecular complexity index is 1410. The molecule has 3 fully saturated rings. The molecule has 4 N–H and O–H groups in total. The molecule has 1 aromatic carbocycles. The second kappa shape index (κ2) is 14.3. The van der Waals surface area contributed by atoms with Gasteiger partial charge in [0, 0.05) is 80.0 Å². The van der Waals surface area contributed by atoms with Crippen LogP contribution in [0.3, 0.4) is 0 Å². The van der Waals surface area contributed by atoms with E-state index in [1.165, 1.54) is 0 Å². The van der Waals surface area contributed by atoms with Crippen molar-refractivity contribution in [1.82, 2.24) is 41.1 Å². The van der Waals surface area contributed by atoms with Crippen LogP contribution in [0.4, 0.5) is 5.95 Å². The second-order valence-electron chi connectivity index (χ2n) is 11.6. The van der Waals surface area contributed by atoms with Crippen LogP contribution in [0.25, 0.3) is 11.3 Å². The SMILES string of the molecule is O=C(O)CC1CCN(Cc2cc(Oc3cnc(N4CCN(CC5CNNN5)CC4)nc3)nc(-c3cc(Cl)cc(Cl)c3)c2)CC1. The molecule has 3 saturated heterocycles. The van der Waals surface area contributed by atoms with Crippen molar-refractivity contribution in [3.63, 3.8) is 0 Å². The topological polar surface area (TPSA) is 131 Å². The Labute approximate surface area is 266 Å². The normalized spacial score (nSPS) is 20.2. The maximum Gasteiger partial charge on any atom is 0.303 e. The number of carboxylic acids is 1. The average molecular weight is 643 g/mol. The summed E-state index contributed by atoms with van der Waals surface area (Å²) in [5, 5.41) is 10.2. The zero-order valence-corrected chi connectivity index (χ0v) is 25.9. The maximum atomic E-state index is 11.1. The Morgan fingerprint density at radius 3 is 2.34 bits per heavy atom. The van der Waals surface area contributed by atoms with Gasteiger partial charge in [-0.2, -0.15) is 5.53 Å². The van der Waals surface area contributed by atoms with E-state index in [1.54, 1.807) is 18.5 Å². The highest BCUT2D eigenvalue weighted by molar-refractivity contribution is 6.35. The first kappa shape index (κ1) is 30.9. The number of aromatic nitrogens is 3. The van der Waals surface area contributed by atoms with Crippen LogP contribution in [-0.4, -0.2) is 94.2 Å². The number of pyridine rings is 1. The van der Waals surface area contributed by atoms with Gasteiger partial charge in [-0.1, -0.05) is 23.2 Å². The molecular weight excluding hydrogens is 605 g/mol. The van der Waals surface area contributed by atoms with E-state index in [2.05, 4.69) is 41.1 Å². The number of ether oxygens (including phenoxy) is 1. The smallest absolute Gasteiger partial charge is 0.303 e. The summed E-state index contributed by atoms with van der Waals surface area (Å²) in [6, 6.07) is 9.69. The minimum Gasteiger partial charge on any atom is -0.481 e. The second-order valence-corrected chi connectivity index (χ2v) is 12.5. The molecular formula is C30H37Cl2N9O3. The lowest BCUT2D eigenvalue weighted by atomic mass is 9.93. The number of carboxylic acid groups (broad SMARTS) is 1. The molecule has 0 saturated carbocycles. The quantitative estimate of drug-likeness (QED) is 0.259. The highest BCUT2D eigenvalue weighted by Crippen LogP contribution is 2.31. The predicted molar refractivity (Wildman–Crippen MR) is 169 cm³/mol. The van der Waals surface area contributed by atoms with Crippen molar-refractivity contribution in [3.05, 3.63) is 58.3 Å². The van der Waals surface area contributed by atoms with Crippen molar-refractivity contribution in [2.45, 2.75) is 31.8 Å². The Kier molecular flexibility index (Phi) is 10.1. The fraction of sp³-hybridized carbons (Fsp3) is 0.467. The molecule has 12 nitrogen and oxygen atoms in total. The van der Waals surface area contributed by atoms with E-state index in [0.717, 1.165) is 76.3 Å². The first-order chi connectivity index (χ1) is 21.4. The zero-order valence-electron chi connectivity index (χ0n) is 24.4. The number of nitrogens with zero attached hydrogens (tertiary/aromatic N) is 6. The molecule has 0 amide bonds. The van der Waals surface area contributed by atoms with Crippen LogP contribution in [0.2, 0.25) is 10.0 Å². The van der Waals surface area contributed by atoms with E-state index in [4.69, 9.17) is 38.0 Å². The van der Waals surface area contributed by atoms with Gasteiger partial charge < -0.3 is 14.7 Å². The van der Waals surface area contributed by atoms with E-state index in [1.807, 2.05) is 24.3 Å². The average Bonchev–Trinajstić information content (AvgIpc) is 3.51. The third-order valence-corrected chi connectivity index (χ3v) is 8.72. The van der Waals surface area contributed by atoms with Crippen molar-refractivity contribution in [2.24, 2.45) is 5.92 Å². The number of rotatable bonds is 10. The van der Waals surface area contributed by atoms with Crippen LogP contribution < -0.4 is 26.0 Å². The van der Waals surface area contributed by atoms with E-state index in [0.29, 0.717) is 45.9 Å². The molecule has 0 spiro atoms. The summed E-state index contributed by atoms with van der Waals surface area (Å²) >= 11 is 12.6. The Hall–Kier alpha value is -3.10. The lowest BCUT2D eigenvalue weighted by Gasteiger charge is -2.35. The number of hydrogen-bond acceptors (Lipinski definition) is 11. The minimum atomic E-state index is -0.730. The number of piperidine rings is 1. The summed E-state index contributed by atoms with van der Waals surface area (Å²) in [6.45, 7) is 7.87. The minimum absolute atomic E-state index is 0.223. The van der Waals surface area contributed by atoms with Gasteiger partial charge in [0.05, 0.1) is 18.1 Å². The molecule has 2 aromatic heterocycles. The molecule has 3 aliphatic heterocycles. The number of aliphatic carboxylic acids is 1. The number of hydrogen-bond donors (Lipinski definition) is 4. The Balaban J connectivity index is 1.13.